The van der Waals surface area contributed by atoms with E-state index >= 15 is 0 Å². The minimum absolute atomic E-state index is 0.328. The molecule has 0 heterocycles. The lowest BCUT2D eigenvalue weighted by Gasteiger charge is -2.40. The Labute approximate surface area is 130 Å². The molecule has 0 unspecified atom stereocenters. The predicted octanol–water partition coefficient (Wildman–Crippen LogP) is 4.32. The molecule has 1 aromatic rings. The molecule has 0 saturated heterocycles. The van der Waals surface area contributed by atoms with Crippen molar-refractivity contribution < 1.29 is 5.11 Å². The van der Waals surface area contributed by atoms with Crippen LogP contribution in [0.25, 0.3) is 0 Å². The Bertz CT molecular complexity index is 493. The van der Waals surface area contributed by atoms with Crippen LogP contribution in [0.1, 0.15) is 39.5 Å². The van der Waals surface area contributed by atoms with Crippen LogP contribution >= 0.6 is 23.2 Å². The molecule has 0 radical (unpaired) electrons. The highest BCUT2D eigenvalue weighted by molar-refractivity contribution is 6.42. The third-order valence-corrected chi connectivity index (χ3v) is 4.96. The van der Waals surface area contributed by atoms with Gasteiger partial charge < -0.3 is 16.2 Å². The van der Waals surface area contributed by atoms with E-state index in [9.17, 15) is 5.11 Å². The van der Waals surface area contributed by atoms with Crippen molar-refractivity contribution >= 4 is 34.6 Å². The third kappa shape index (κ3) is 3.72. The number of benzene rings is 1. The zero-order chi connectivity index (χ0) is 15.0. The molecule has 4 N–H and O–H groups in total. The van der Waals surface area contributed by atoms with Crippen LogP contribution in [0.4, 0.5) is 11.4 Å². The summed E-state index contributed by atoms with van der Waals surface area (Å²) in [5.41, 5.74) is 6.82. The lowest BCUT2D eigenvalue weighted by molar-refractivity contribution is -0.0145. The summed E-state index contributed by atoms with van der Waals surface area (Å²) in [5.74, 6) is 0. The van der Waals surface area contributed by atoms with Gasteiger partial charge in [0.05, 0.1) is 27.0 Å². The van der Waals surface area contributed by atoms with Crippen LogP contribution in [-0.2, 0) is 0 Å². The minimum Gasteiger partial charge on any atom is -0.397 e. The van der Waals surface area contributed by atoms with E-state index in [1.165, 1.54) is 0 Å². The summed E-state index contributed by atoms with van der Waals surface area (Å²) in [5, 5.41) is 14.7. The van der Waals surface area contributed by atoms with Crippen LogP contribution < -0.4 is 11.1 Å². The molecule has 3 nitrogen and oxygen atoms in total. The quantitative estimate of drug-likeness (QED) is 0.728. The molecular weight excluding hydrogens is 295 g/mol. The molecule has 1 aromatic carbocycles. The monoisotopic (exact) mass is 316 g/mol. The van der Waals surface area contributed by atoms with Crippen molar-refractivity contribution in [2.75, 3.05) is 17.6 Å². The number of rotatable bonds is 3. The molecule has 1 aliphatic rings. The van der Waals surface area contributed by atoms with Crippen molar-refractivity contribution in [3.63, 3.8) is 0 Å². The number of hydrogen-bond donors (Lipinski definition) is 3. The van der Waals surface area contributed by atoms with Gasteiger partial charge in [0.2, 0.25) is 0 Å². The first-order chi connectivity index (χ1) is 9.21. The second-order valence-corrected chi connectivity index (χ2v) is 7.41. The summed E-state index contributed by atoms with van der Waals surface area (Å²) in [7, 11) is 0. The van der Waals surface area contributed by atoms with Gasteiger partial charge in [0.25, 0.3) is 0 Å². The molecule has 0 amide bonds. The number of halogens is 2. The molecule has 0 aliphatic heterocycles. The molecule has 0 spiro atoms. The Kier molecular flexibility index (Phi) is 4.43. The first-order valence-electron chi connectivity index (χ1n) is 6.92. The van der Waals surface area contributed by atoms with Crippen molar-refractivity contribution in [2.24, 2.45) is 5.41 Å². The van der Waals surface area contributed by atoms with Gasteiger partial charge in [-0.2, -0.15) is 0 Å². The van der Waals surface area contributed by atoms with Crippen molar-refractivity contribution in [3.05, 3.63) is 22.2 Å². The van der Waals surface area contributed by atoms with E-state index in [4.69, 9.17) is 28.9 Å². The van der Waals surface area contributed by atoms with Gasteiger partial charge in [-0.3, -0.25) is 0 Å². The van der Waals surface area contributed by atoms with Gasteiger partial charge in [0.15, 0.2) is 0 Å². The van der Waals surface area contributed by atoms with Gasteiger partial charge in [-0.15, -0.1) is 0 Å². The van der Waals surface area contributed by atoms with E-state index in [2.05, 4.69) is 19.2 Å². The van der Waals surface area contributed by atoms with Crippen molar-refractivity contribution in [1.82, 2.24) is 0 Å². The Balaban J connectivity index is 2.00. The molecule has 20 heavy (non-hydrogen) atoms. The maximum absolute atomic E-state index is 10.6. The van der Waals surface area contributed by atoms with Gasteiger partial charge in [-0.05, 0) is 43.2 Å². The molecular formula is C15H22Cl2N2O. The summed E-state index contributed by atoms with van der Waals surface area (Å²) >= 11 is 11.9. The fourth-order valence-electron chi connectivity index (χ4n) is 2.54. The Morgan fingerprint density at radius 3 is 2.30 bits per heavy atom. The third-order valence-electron chi connectivity index (χ3n) is 4.23. The topological polar surface area (TPSA) is 58.3 Å². The number of hydrogen-bond acceptors (Lipinski definition) is 3. The molecule has 5 heteroatoms. The predicted molar refractivity (Wildman–Crippen MR) is 86.6 cm³/mol. The van der Waals surface area contributed by atoms with E-state index in [1.54, 1.807) is 12.1 Å². The molecule has 1 aliphatic carbocycles. The van der Waals surface area contributed by atoms with Gasteiger partial charge in [-0.25, -0.2) is 0 Å². The van der Waals surface area contributed by atoms with Crippen LogP contribution in [0.15, 0.2) is 12.1 Å². The molecule has 2 rings (SSSR count). The van der Waals surface area contributed by atoms with E-state index in [0.717, 1.165) is 31.4 Å². The van der Waals surface area contributed by atoms with Crippen LogP contribution in [-0.4, -0.2) is 17.3 Å². The highest BCUT2D eigenvalue weighted by Gasteiger charge is 2.36. The van der Waals surface area contributed by atoms with Gasteiger partial charge >= 0.3 is 0 Å². The number of anilines is 2. The van der Waals surface area contributed by atoms with Crippen LogP contribution in [0.2, 0.25) is 10.0 Å². The smallest absolute Gasteiger partial charge is 0.0819 e. The summed E-state index contributed by atoms with van der Waals surface area (Å²) in [6.07, 6.45) is 3.66. The Morgan fingerprint density at radius 2 is 1.70 bits per heavy atom. The average Bonchev–Trinajstić information content (AvgIpc) is 2.37. The van der Waals surface area contributed by atoms with E-state index < -0.39 is 5.60 Å². The highest BCUT2D eigenvalue weighted by atomic mass is 35.5. The SMILES string of the molecule is CC1(C)CCC(O)(CNc2cc(Cl)c(Cl)cc2N)CC1. The Hall–Kier alpha value is -0.640. The zero-order valence-electron chi connectivity index (χ0n) is 12.0. The van der Waals surface area contributed by atoms with Crippen LogP contribution in [0.3, 0.4) is 0 Å². The number of nitrogens with one attached hydrogen (secondary N) is 1. The lowest BCUT2D eigenvalue weighted by Crippen LogP contribution is -2.42. The van der Waals surface area contributed by atoms with Gasteiger partial charge in [0.1, 0.15) is 0 Å². The minimum atomic E-state index is -0.673. The van der Waals surface area contributed by atoms with Crippen LogP contribution in [0, 0.1) is 5.41 Å². The molecule has 0 aromatic heterocycles. The molecule has 0 atom stereocenters. The first-order valence-corrected chi connectivity index (χ1v) is 7.67. The summed E-state index contributed by atoms with van der Waals surface area (Å²) in [6, 6.07) is 3.33. The van der Waals surface area contributed by atoms with E-state index in [1.807, 2.05) is 0 Å². The average molecular weight is 317 g/mol. The Morgan fingerprint density at radius 1 is 1.15 bits per heavy atom. The maximum Gasteiger partial charge on any atom is 0.0819 e. The first kappa shape index (κ1) is 15.7. The van der Waals surface area contributed by atoms with Gasteiger partial charge in [-0.1, -0.05) is 37.0 Å². The largest absolute Gasteiger partial charge is 0.397 e. The lowest BCUT2D eigenvalue weighted by atomic mass is 9.71. The number of nitrogens with two attached hydrogens (primary N) is 1. The molecule has 112 valence electrons. The maximum atomic E-state index is 10.6. The number of nitrogen functional groups attached to an aromatic ring is 1. The zero-order valence-corrected chi connectivity index (χ0v) is 13.5. The molecule has 1 saturated carbocycles. The summed E-state index contributed by atoms with van der Waals surface area (Å²) in [6.45, 7) is 4.97. The van der Waals surface area contributed by atoms with Crippen molar-refractivity contribution in [1.29, 1.82) is 0 Å². The summed E-state index contributed by atoms with van der Waals surface area (Å²) < 4.78 is 0. The van der Waals surface area contributed by atoms with E-state index in [-0.39, 0.29) is 0 Å². The fraction of sp³-hybridized carbons (Fsp3) is 0.600. The molecule has 0 bridgehead atoms. The second-order valence-electron chi connectivity index (χ2n) is 6.60. The van der Waals surface area contributed by atoms with Crippen molar-refractivity contribution in [3.8, 4) is 0 Å². The molecule has 1 fully saturated rings. The van der Waals surface area contributed by atoms with Gasteiger partial charge in [0, 0.05) is 6.54 Å². The van der Waals surface area contributed by atoms with Crippen molar-refractivity contribution in [2.45, 2.75) is 45.1 Å². The fourth-order valence-corrected chi connectivity index (χ4v) is 2.88. The van der Waals surface area contributed by atoms with Crippen LogP contribution in [0.5, 0.6) is 0 Å². The number of aliphatic hydroxyl groups is 1. The second kappa shape index (κ2) is 5.63. The van der Waals surface area contributed by atoms with E-state index in [0.29, 0.717) is 27.7 Å². The standard InChI is InChI=1S/C15H22Cl2N2O/c1-14(2)3-5-15(20,6-4-14)9-19-13-8-11(17)10(16)7-12(13)18/h7-8,19-20H,3-6,9,18H2,1-2H3. The highest BCUT2D eigenvalue weighted by Crippen LogP contribution is 2.40. The normalized spacial score (nSPS) is 20.6. The summed E-state index contributed by atoms with van der Waals surface area (Å²) in [4.78, 5) is 0.